The van der Waals surface area contributed by atoms with Crippen LogP contribution in [0.5, 0.6) is 0 Å². The van der Waals surface area contributed by atoms with Gasteiger partial charge in [-0.2, -0.15) is 0 Å². The fourth-order valence-corrected chi connectivity index (χ4v) is 3.90. The molecule has 2 fully saturated rings. The summed E-state index contributed by atoms with van der Waals surface area (Å²) in [5, 5.41) is 3.08. The van der Waals surface area contributed by atoms with Gasteiger partial charge in [-0.1, -0.05) is 6.42 Å². The minimum Gasteiger partial charge on any atom is -0.349 e. The van der Waals surface area contributed by atoms with Crippen LogP contribution in [0.15, 0.2) is 24.3 Å². The zero-order chi connectivity index (χ0) is 13.4. The van der Waals surface area contributed by atoms with E-state index in [1.165, 1.54) is 49.9 Å². The molecule has 0 aliphatic heterocycles. The molecule has 2 bridgehead atoms. The molecule has 1 aromatic carbocycles. The molecule has 0 radical (unpaired) electrons. The molecule has 0 aromatic heterocycles. The lowest BCUT2D eigenvalue weighted by Gasteiger charge is -2.28. The van der Waals surface area contributed by atoms with E-state index >= 15 is 0 Å². The van der Waals surface area contributed by atoms with E-state index in [-0.39, 0.29) is 17.8 Å². The van der Waals surface area contributed by atoms with Crippen molar-refractivity contribution in [3.63, 3.8) is 0 Å². The van der Waals surface area contributed by atoms with Gasteiger partial charge in [-0.3, -0.25) is 4.79 Å². The van der Waals surface area contributed by atoms with E-state index < -0.39 is 0 Å². The Labute approximate surface area is 113 Å². The van der Waals surface area contributed by atoms with Crippen molar-refractivity contribution in [3.05, 3.63) is 35.6 Å². The average Bonchev–Trinajstić information content (AvgIpc) is 3.01. The number of amides is 1. The Morgan fingerprint density at radius 1 is 1.26 bits per heavy atom. The van der Waals surface area contributed by atoms with Crippen molar-refractivity contribution in [1.29, 1.82) is 0 Å². The Hall–Kier alpha value is -1.38. The molecule has 0 saturated heterocycles. The van der Waals surface area contributed by atoms with Gasteiger partial charge in [0.2, 0.25) is 0 Å². The van der Waals surface area contributed by atoms with Gasteiger partial charge in [-0.25, -0.2) is 4.39 Å². The van der Waals surface area contributed by atoms with Crippen molar-refractivity contribution < 1.29 is 9.18 Å². The Bertz CT molecular complexity index is 470. The van der Waals surface area contributed by atoms with Gasteiger partial charge in [0.05, 0.1) is 0 Å². The predicted octanol–water partition coefficient (Wildman–Crippen LogP) is 3.38. The van der Waals surface area contributed by atoms with E-state index in [0.717, 1.165) is 11.8 Å². The third-order valence-electron chi connectivity index (χ3n) is 4.90. The molecular formula is C16H20FNO. The maximum absolute atomic E-state index is 12.8. The number of fused-ring (bicyclic) bond motifs is 2. The molecule has 2 aliphatic carbocycles. The zero-order valence-corrected chi connectivity index (χ0v) is 11.2. The molecule has 19 heavy (non-hydrogen) atoms. The van der Waals surface area contributed by atoms with E-state index in [4.69, 9.17) is 0 Å². The smallest absolute Gasteiger partial charge is 0.251 e. The second-order valence-corrected chi connectivity index (χ2v) is 6.11. The van der Waals surface area contributed by atoms with Crippen molar-refractivity contribution in [1.82, 2.24) is 5.32 Å². The minimum absolute atomic E-state index is 0.0877. The van der Waals surface area contributed by atoms with Gasteiger partial charge in [-0.15, -0.1) is 0 Å². The maximum Gasteiger partial charge on any atom is 0.251 e. The first kappa shape index (κ1) is 12.6. The third-order valence-corrected chi connectivity index (χ3v) is 4.90. The first-order valence-corrected chi connectivity index (χ1v) is 7.20. The lowest BCUT2D eigenvalue weighted by molar-refractivity contribution is 0.0915. The number of carbonyl (C=O) groups is 1. The molecule has 0 unspecified atom stereocenters. The van der Waals surface area contributed by atoms with Crippen LogP contribution in [0.25, 0.3) is 0 Å². The molecule has 0 heterocycles. The Balaban J connectivity index is 1.61. The monoisotopic (exact) mass is 261 g/mol. The van der Waals surface area contributed by atoms with Crippen LogP contribution in [0.4, 0.5) is 4.39 Å². The standard InChI is InChI=1S/C16H20FNO/c1-10(15-9-11-2-3-13(15)8-11)18-16(19)12-4-6-14(17)7-5-12/h4-7,10-11,13,15H,2-3,8-9H2,1H3,(H,18,19)/t10-,11-,13-,15-/m0/s1. The summed E-state index contributed by atoms with van der Waals surface area (Å²) in [6.45, 7) is 2.10. The molecule has 0 spiro atoms. The van der Waals surface area contributed by atoms with Crippen molar-refractivity contribution in [2.75, 3.05) is 0 Å². The number of hydrogen-bond donors (Lipinski definition) is 1. The van der Waals surface area contributed by atoms with Gasteiger partial charge in [0.25, 0.3) is 5.91 Å². The Morgan fingerprint density at radius 3 is 2.58 bits per heavy atom. The quantitative estimate of drug-likeness (QED) is 0.888. The average molecular weight is 261 g/mol. The molecule has 2 nitrogen and oxygen atoms in total. The minimum atomic E-state index is -0.308. The summed E-state index contributed by atoms with van der Waals surface area (Å²) in [6, 6.07) is 5.96. The van der Waals surface area contributed by atoms with Gasteiger partial charge in [-0.05, 0) is 68.2 Å². The van der Waals surface area contributed by atoms with Gasteiger partial charge >= 0.3 is 0 Å². The summed E-state index contributed by atoms with van der Waals surface area (Å²) in [6.07, 6.45) is 5.31. The first-order valence-electron chi connectivity index (χ1n) is 7.20. The highest BCUT2D eigenvalue weighted by atomic mass is 19.1. The summed E-state index contributed by atoms with van der Waals surface area (Å²) >= 11 is 0. The van der Waals surface area contributed by atoms with Gasteiger partial charge in [0.15, 0.2) is 0 Å². The van der Waals surface area contributed by atoms with E-state index in [0.29, 0.717) is 11.5 Å². The van der Waals surface area contributed by atoms with Gasteiger partial charge < -0.3 is 5.32 Å². The van der Waals surface area contributed by atoms with E-state index in [9.17, 15) is 9.18 Å². The number of halogens is 1. The molecule has 2 aliphatic rings. The second-order valence-electron chi connectivity index (χ2n) is 6.11. The lowest BCUT2D eigenvalue weighted by atomic mass is 9.84. The normalized spacial score (nSPS) is 30.3. The fraction of sp³-hybridized carbons (Fsp3) is 0.562. The van der Waals surface area contributed by atoms with E-state index in [1.54, 1.807) is 0 Å². The predicted molar refractivity (Wildman–Crippen MR) is 72.3 cm³/mol. The van der Waals surface area contributed by atoms with E-state index in [2.05, 4.69) is 12.2 Å². The molecular weight excluding hydrogens is 241 g/mol. The summed E-state index contributed by atoms with van der Waals surface area (Å²) in [5.74, 6) is 1.92. The van der Waals surface area contributed by atoms with Crippen LogP contribution in [0.1, 0.15) is 43.0 Å². The molecule has 3 rings (SSSR count). The third kappa shape index (κ3) is 2.51. The van der Waals surface area contributed by atoms with Crippen LogP contribution in [0, 0.1) is 23.6 Å². The summed E-state index contributed by atoms with van der Waals surface area (Å²) in [4.78, 5) is 12.1. The first-order chi connectivity index (χ1) is 9.13. The van der Waals surface area contributed by atoms with E-state index in [1.807, 2.05) is 0 Å². The van der Waals surface area contributed by atoms with Crippen LogP contribution in [0.3, 0.4) is 0 Å². The fourth-order valence-electron chi connectivity index (χ4n) is 3.90. The lowest BCUT2D eigenvalue weighted by Crippen LogP contribution is -2.40. The van der Waals surface area contributed by atoms with Crippen molar-refractivity contribution in [2.24, 2.45) is 17.8 Å². The molecule has 2 saturated carbocycles. The summed E-state index contributed by atoms with van der Waals surface area (Å²) in [5.41, 5.74) is 0.538. The van der Waals surface area contributed by atoms with Crippen LogP contribution in [-0.2, 0) is 0 Å². The van der Waals surface area contributed by atoms with Crippen molar-refractivity contribution in [2.45, 2.75) is 38.6 Å². The van der Waals surface area contributed by atoms with Crippen molar-refractivity contribution in [3.8, 4) is 0 Å². The number of benzene rings is 1. The summed E-state index contributed by atoms with van der Waals surface area (Å²) in [7, 11) is 0. The molecule has 1 aromatic rings. The van der Waals surface area contributed by atoms with Gasteiger partial charge in [0, 0.05) is 11.6 Å². The second kappa shape index (κ2) is 4.95. The Kier molecular flexibility index (Phi) is 3.29. The maximum atomic E-state index is 12.8. The highest BCUT2D eigenvalue weighted by Gasteiger charge is 2.42. The number of carbonyl (C=O) groups excluding carboxylic acids is 1. The number of hydrogen-bond acceptors (Lipinski definition) is 1. The molecule has 4 atom stereocenters. The number of rotatable bonds is 3. The van der Waals surface area contributed by atoms with Crippen molar-refractivity contribution >= 4 is 5.91 Å². The SMILES string of the molecule is C[C@H](NC(=O)c1ccc(F)cc1)[C@@H]1C[C@H]2CC[C@H]1C2. The zero-order valence-electron chi connectivity index (χ0n) is 11.2. The van der Waals surface area contributed by atoms with Crippen LogP contribution < -0.4 is 5.32 Å². The Morgan fingerprint density at radius 2 is 2.00 bits per heavy atom. The summed E-state index contributed by atoms with van der Waals surface area (Å²) < 4.78 is 12.8. The van der Waals surface area contributed by atoms with Crippen LogP contribution in [-0.4, -0.2) is 11.9 Å². The molecule has 1 N–H and O–H groups in total. The molecule has 1 amide bonds. The molecule has 102 valence electrons. The highest BCUT2D eigenvalue weighted by molar-refractivity contribution is 5.94. The van der Waals surface area contributed by atoms with Crippen LogP contribution >= 0.6 is 0 Å². The molecule has 3 heteroatoms. The topological polar surface area (TPSA) is 29.1 Å². The largest absolute Gasteiger partial charge is 0.349 e. The van der Waals surface area contributed by atoms with Gasteiger partial charge in [0.1, 0.15) is 5.82 Å². The number of nitrogens with one attached hydrogen (secondary N) is 1. The van der Waals surface area contributed by atoms with Crippen LogP contribution in [0.2, 0.25) is 0 Å². The highest BCUT2D eigenvalue weighted by Crippen LogP contribution is 2.49.